The van der Waals surface area contributed by atoms with Crippen LogP contribution in [0.3, 0.4) is 0 Å². The Kier molecular flexibility index (Phi) is 6.01. The standard InChI is InChI=1S/C13H16O5S/c1-8(15)19-7-12(16)13(17)11-5-10(18-2)4-3-9(11)6-14/h3-6,12-13,16-17H,7H2,1-2H3. The Labute approximate surface area is 115 Å². The van der Waals surface area contributed by atoms with Gasteiger partial charge in [-0.2, -0.15) is 0 Å². The van der Waals surface area contributed by atoms with Crippen molar-refractivity contribution in [2.24, 2.45) is 0 Å². The molecule has 1 aromatic rings. The number of aliphatic hydroxyl groups is 2. The van der Waals surface area contributed by atoms with Crippen molar-refractivity contribution < 1.29 is 24.5 Å². The van der Waals surface area contributed by atoms with Gasteiger partial charge in [0.05, 0.1) is 13.2 Å². The lowest BCUT2D eigenvalue weighted by molar-refractivity contribution is -0.109. The zero-order valence-electron chi connectivity index (χ0n) is 10.7. The van der Waals surface area contributed by atoms with Gasteiger partial charge in [0.2, 0.25) is 0 Å². The van der Waals surface area contributed by atoms with Gasteiger partial charge in [0.25, 0.3) is 0 Å². The fourth-order valence-electron chi connectivity index (χ4n) is 1.54. The van der Waals surface area contributed by atoms with Crippen molar-refractivity contribution in [1.82, 2.24) is 0 Å². The second kappa shape index (κ2) is 7.28. The van der Waals surface area contributed by atoms with Crippen LogP contribution in [0.4, 0.5) is 0 Å². The van der Waals surface area contributed by atoms with E-state index in [4.69, 9.17) is 4.74 Å². The van der Waals surface area contributed by atoms with Crippen LogP contribution in [0.5, 0.6) is 5.75 Å². The molecule has 0 aromatic heterocycles. The van der Waals surface area contributed by atoms with Crippen molar-refractivity contribution in [1.29, 1.82) is 0 Å². The van der Waals surface area contributed by atoms with Gasteiger partial charge in [-0.25, -0.2) is 0 Å². The topological polar surface area (TPSA) is 83.8 Å². The fraction of sp³-hybridized carbons (Fsp3) is 0.385. The Bertz CT molecular complexity index is 460. The molecule has 0 spiro atoms. The highest BCUT2D eigenvalue weighted by atomic mass is 32.2. The third-order valence-corrected chi connectivity index (χ3v) is 3.48. The van der Waals surface area contributed by atoms with Gasteiger partial charge in [0, 0.05) is 18.2 Å². The smallest absolute Gasteiger partial charge is 0.185 e. The zero-order chi connectivity index (χ0) is 14.4. The van der Waals surface area contributed by atoms with Crippen molar-refractivity contribution in [3.05, 3.63) is 29.3 Å². The van der Waals surface area contributed by atoms with E-state index < -0.39 is 12.2 Å². The van der Waals surface area contributed by atoms with Crippen LogP contribution in [0.25, 0.3) is 0 Å². The molecule has 2 unspecified atom stereocenters. The minimum atomic E-state index is -1.25. The first-order valence-electron chi connectivity index (χ1n) is 5.62. The summed E-state index contributed by atoms with van der Waals surface area (Å²) >= 11 is 0.917. The maximum Gasteiger partial charge on any atom is 0.185 e. The number of hydrogen-bond donors (Lipinski definition) is 2. The average molecular weight is 284 g/mol. The van der Waals surface area contributed by atoms with Crippen molar-refractivity contribution in [3.8, 4) is 5.75 Å². The Balaban J connectivity index is 2.92. The number of carbonyl (C=O) groups excluding carboxylic acids is 2. The molecule has 0 bridgehead atoms. The highest BCUT2D eigenvalue weighted by molar-refractivity contribution is 8.13. The van der Waals surface area contributed by atoms with E-state index in [1.54, 1.807) is 6.07 Å². The number of aldehydes is 1. The van der Waals surface area contributed by atoms with E-state index in [2.05, 4.69) is 0 Å². The van der Waals surface area contributed by atoms with Crippen LogP contribution in [0, 0.1) is 0 Å². The van der Waals surface area contributed by atoms with Crippen LogP contribution >= 0.6 is 11.8 Å². The summed E-state index contributed by atoms with van der Waals surface area (Å²) in [7, 11) is 1.47. The second-order valence-electron chi connectivity index (χ2n) is 3.93. The van der Waals surface area contributed by atoms with Crippen molar-refractivity contribution >= 4 is 23.2 Å². The van der Waals surface area contributed by atoms with Crippen LogP contribution in [-0.4, -0.2) is 40.6 Å². The quantitative estimate of drug-likeness (QED) is 0.763. The summed E-state index contributed by atoms with van der Waals surface area (Å²) in [5.74, 6) is 0.539. The van der Waals surface area contributed by atoms with E-state index in [-0.39, 0.29) is 22.0 Å². The van der Waals surface area contributed by atoms with Crippen LogP contribution in [0.2, 0.25) is 0 Å². The first-order chi connectivity index (χ1) is 8.99. The van der Waals surface area contributed by atoms with Gasteiger partial charge >= 0.3 is 0 Å². The third-order valence-electron chi connectivity index (χ3n) is 2.56. The molecule has 0 amide bonds. The first-order valence-corrected chi connectivity index (χ1v) is 6.60. The van der Waals surface area contributed by atoms with Gasteiger partial charge in [-0.1, -0.05) is 11.8 Å². The molecule has 0 saturated heterocycles. The number of thioether (sulfide) groups is 1. The average Bonchev–Trinajstić information content (AvgIpc) is 2.42. The van der Waals surface area contributed by atoms with Crippen LogP contribution in [0.15, 0.2) is 18.2 Å². The second-order valence-corrected chi connectivity index (χ2v) is 5.12. The number of ether oxygens (including phenoxy) is 1. The van der Waals surface area contributed by atoms with E-state index in [9.17, 15) is 19.8 Å². The van der Waals surface area contributed by atoms with Gasteiger partial charge < -0.3 is 14.9 Å². The molecule has 5 nitrogen and oxygen atoms in total. The lowest BCUT2D eigenvalue weighted by Crippen LogP contribution is -2.22. The predicted octanol–water partition coefficient (Wildman–Crippen LogP) is 1.18. The molecule has 0 radical (unpaired) electrons. The summed E-state index contributed by atoms with van der Waals surface area (Å²) in [4.78, 5) is 21.8. The van der Waals surface area contributed by atoms with Gasteiger partial charge in [0.15, 0.2) is 5.12 Å². The van der Waals surface area contributed by atoms with Crippen LogP contribution in [0.1, 0.15) is 28.9 Å². The number of aliphatic hydroxyl groups excluding tert-OH is 2. The molecule has 2 atom stereocenters. The summed E-state index contributed by atoms with van der Waals surface area (Å²) in [6.07, 6.45) is -1.79. The van der Waals surface area contributed by atoms with E-state index in [0.29, 0.717) is 12.0 Å². The van der Waals surface area contributed by atoms with Gasteiger partial charge in [-0.15, -0.1) is 0 Å². The maximum atomic E-state index is 10.9. The molecule has 0 aliphatic heterocycles. The van der Waals surface area contributed by atoms with Gasteiger partial charge in [-0.05, 0) is 23.8 Å². The van der Waals surface area contributed by atoms with E-state index in [0.717, 1.165) is 11.8 Å². The molecule has 19 heavy (non-hydrogen) atoms. The molecule has 0 aliphatic rings. The summed E-state index contributed by atoms with van der Waals surface area (Å²) in [6, 6.07) is 4.60. The Morgan fingerprint density at radius 1 is 1.47 bits per heavy atom. The predicted molar refractivity (Wildman–Crippen MR) is 72.5 cm³/mol. The van der Waals surface area contributed by atoms with Gasteiger partial charge in [-0.3, -0.25) is 9.59 Å². The Morgan fingerprint density at radius 2 is 2.16 bits per heavy atom. The van der Waals surface area contributed by atoms with E-state index in [1.807, 2.05) is 0 Å². The zero-order valence-corrected chi connectivity index (χ0v) is 11.5. The first kappa shape index (κ1) is 15.7. The largest absolute Gasteiger partial charge is 0.497 e. The summed E-state index contributed by atoms with van der Waals surface area (Å²) in [5, 5.41) is 19.7. The third kappa shape index (κ3) is 4.34. The molecule has 2 N–H and O–H groups in total. The van der Waals surface area contributed by atoms with Gasteiger partial charge in [0.1, 0.15) is 18.1 Å². The minimum Gasteiger partial charge on any atom is -0.497 e. The van der Waals surface area contributed by atoms with Crippen molar-refractivity contribution in [2.75, 3.05) is 12.9 Å². The molecular formula is C13H16O5S. The molecule has 6 heteroatoms. The molecule has 0 fully saturated rings. The lowest BCUT2D eigenvalue weighted by atomic mass is 9.99. The maximum absolute atomic E-state index is 10.9. The molecular weight excluding hydrogens is 268 g/mol. The number of rotatable bonds is 6. The highest BCUT2D eigenvalue weighted by Gasteiger charge is 2.22. The van der Waals surface area contributed by atoms with Crippen LogP contribution in [-0.2, 0) is 4.79 Å². The van der Waals surface area contributed by atoms with E-state index in [1.165, 1.54) is 26.2 Å². The number of carbonyl (C=O) groups is 2. The van der Waals surface area contributed by atoms with E-state index >= 15 is 0 Å². The number of benzene rings is 1. The molecule has 0 saturated carbocycles. The van der Waals surface area contributed by atoms with Crippen molar-refractivity contribution in [3.63, 3.8) is 0 Å². The minimum absolute atomic E-state index is 0.0615. The number of hydrogen-bond acceptors (Lipinski definition) is 6. The molecule has 0 heterocycles. The summed E-state index contributed by atoms with van der Waals surface area (Å²) in [5.41, 5.74) is 0.561. The molecule has 1 aromatic carbocycles. The molecule has 0 aliphatic carbocycles. The molecule has 104 valence electrons. The summed E-state index contributed by atoms with van der Waals surface area (Å²) < 4.78 is 5.01. The highest BCUT2D eigenvalue weighted by Crippen LogP contribution is 2.26. The normalized spacial score (nSPS) is 13.7. The Hall–Kier alpha value is -1.37. The monoisotopic (exact) mass is 284 g/mol. The summed E-state index contributed by atoms with van der Waals surface area (Å²) in [6.45, 7) is 1.38. The van der Waals surface area contributed by atoms with Crippen LogP contribution < -0.4 is 4.74 Å². The number of methoxy groups -OCH3 is 1. The SMILES string of the molecule is COc1ccc(C=O)c(C(O)C(O)CSC(C)=O)c1. The fourth-order valence-corrected chi connectivity index (χ4v) is 2.13. The Morgan fingerprint density at radius 3 is 2.68 bits per heavy atom. The van der Waals surface area contributed by atoms with Crippen molar-refractivity contribution in [2.45, 2.75) is 19.1 Å². The molecule has 1 rings (SSSR count). The lowest BCUT2D eigenvalue weighted by Gasteiger charge is -2.19.